The van der Waals surface area contributed by atoms with Gasteiger partial charge in [0.1, 0.15) is 5.82 Å². The van der Waals surface area contributed by atoms with Gasteiger partial charge >= 0.3 is 0 Å². The lowest BCUT2D eigenvalue weighted by molar-refractivity contribution is 0.0199. The van der Waals surface area contributed by atoms with Crippen LogP contribution in [0.15, 0.2) is 29.3 Å². The van der Waals surface area contributed by atoms with Gasteiger partial charge in [0.05, 0.1) is 25.9 Å². The van der Waals surface area contributed by atoms with Crippen LogP contribution in [-0.4, -0.2) is 56.9 Å². The van der Waals surface area contributed by atoms with Gasteiger partial charge in [0.25, 0.3) is 0 Å². The van der Waals surface area contributed by atoms with Crippen molar-refractivity contribution >= 4 is 29.9 Å². The fourth-order valence-electron chi connectivity index (χ4n) is 2.66. The van der Waals surface area contributed by atoms with Crippen LogP contribution in [0.25, 0.3) is 0 Å². The van der Waals surface area contributed by atoms with Gasteiger partial charge in [0.15, 0.2) is 5.96 Å². The van der Waals surface area contributed by atoms with E-state index in [1.54, 1.807) is 12.1 Å². The van der Waals surface area contributed by atoms with Crippen LogP contribution in [0.3, 0.4) is 0 Å². The number of nitrogens with zero attached hydrogens (tertiary/aromatic N) is 2. The minimum absolute atomic E-state index is 0. The summed E-state index contributed by atoms with van der Waals surface area (Å²) >= 11 is 0. The molecule has 7 heteroatoms. The second-order valence-corrected chi connectivity index (χ2v) is 5.93. The number of hydrogen-bond donors (Lipinski definition) is 1. The summed E-state index contributed by atoms with van der Waals surface area (Å²) in [6, 6.07) is 6.63. The molecule has 25 heavy (non-hydrogen) atoms. The molecule has 0 aromatic heterocycles. The first-order valence-electron chi connectivity index (χ1n) is 8.62. The van der Waals surface area contributed by atoms with Gasteiger partial charge in [-0.25, -0.2) is 4.39 Å². The summed E-state index contributed by atoms with van der Waals surface area (Å²) in [5.74, 6) is 0.577. The van der Waals surface area contributed by atoms with Crippen molar-refractivity contribution in [3.05, 3.63) is 35.6 Å². The van der Waals surface area contributed by atoms with Gasteiger partial charge in [-0.05, 0) is 37.5 Å². The van der Waals surface area contributed by atoms with Gasteiger partial charge in [0, 0.05) is 26.7 Å². The fourth-order valence-corrected chi connectivity index (χ4v) is 2.66. The quantitative estimate of drug-likeness (QED) is 0.278. The van der Waals surface area contributed by atoms with E-state index in [1.807, 2.05) is 24.9 Å². The third-order valence-electron chi connectivity index (χ3n) is 3.83. The van der Waals surface area contributed by atoms with E-state index >= 15 is 0 Å². The summed E-state index contributed by atoms with van der Waals surface area (Å²) in [6.07, 6.45) is 2.46. The molecule has 0 radical (unpaired) electrons. The zero-order valence-corrected chi connectivity index (χ0v) is 17.4. The second-order valence-electron chi connectivity index (χ2n) is 5.93. The monoisotopic (exact) mass is 465 g/mol. The first kappa shape index (κ1) is 22.1. The SMILES string of the molecule is CCNC(=NCCOCC1CCCO1)N(C)Cc1cccc(F)c1.I. The summed E-state index contributed by atoms with van der Waals surface area (Å²) in [7, 11) is 1.94. The van der Waals surface area contributed by atoms with Crippen LogP contribution in [-0.2, 0) is 16.0 Å². The average Bonchev–Trinajstić information content (AvgIpc) is 3.07. The van der Waals surface area contributed by atoms with Gasteiger partial charge in [-0.1, -0.05) is 12.1 Å². The highest BCUT2D eigenvalue weighted by Gasteiger charge is 2.15. The van der Waals surface area contributed by atoms with Crippen molar-refractivity contribution in [2.75, 3.05) is 40.0 Å². The second kappa shape index (κ2) is 12.4. The zero-order valence-electron chi connectivity index (χ0n) is 15.0. The van der Waals surface area contributed by atoms with E-state index in [9.17, 15) is 4.39 Å². The highest BCUT2D eigenvalue weighted by atomic mass is 127. The fraction of sp³-hybridized carbons (Fsp3) is 0.611. The first-order valence-corrected chi connectivity index (χ1v) is 8.62. The number of ether oxygens (including phenoxy) is 2. The smallest absolute Gasteiger partial charge is 0.194 e. The lowest BCUT2D eigenvalue weighted by atomic mass is 10.2. The summed E-state index contributed by atoms with van der Waals surface area (Å²) in [5, 5.41) is 3.25. The van der Waals surface area contributed by atoms with Crippen molar-refractivity contribution in [3.63, 3.8) is 0 Å². The average molecular weight is 465 g/mol. The Kier molecular flexibility index (Phi) is 11.0. The summed E-state index contributed by atoms with van der Waals surface area (Å²) in [6.45, 7) is 6.06. The predicted molar refractivity (Wildman–Crippen MR) is 109 cm³/mol. The number of guanidine groups is 1. The minimum Gasteiger partial charge on any atom is -0.377 e. The largest absolute Gasteiger partial charge is 0.377 e. The Balaban J connectivity index is 0.00000312. The van der Waals surface area contributed by atoms with Crippen molar-refractivity contribution in [1.29, 1.82) is 0 Å². The first-order chi connectivity index (χ1) is 11.7. The van der Waals surface area contributed by atoms with E-state index in [-0.39, 0.29) is 35.9 Å². The van der Waals surface area contributed by atoms with Crippen LogP contribution >= 0.6 is 24.0 Å². The molecular formula is C18H29FIN3O2. The van der Waals surface area contributed by atoms with E-state index in [2.05, 4.69) is 10.3 Å². The van der Waals surface area contributed by atoms with Crippen LogP contribution < -0.4 is 5.32 Å². The predicted octanol–water partition coefficient (Wildman–Crippen LogP) is 3.04. The van der Waals surface area contributed by atoms with Crippen LogP contribution in [0.5, 0.6) is 0 Å². The Bertz CT molecular complexity index is 525. The molecule has 1 heterocycles. The van der Waals surface area contributed by atoms with Gasteiger partial charge < -0.3 is 19.7 Å². The van der Waals surface area contributed by atoms with E-state index in [0.717, 1.165) is 37.5 Å². The molecule has 142 valence electrons. The molecule has 0 saturated carbocycles. The normalized spacial score (nSPS) is 17.2. The van der Waals surface area contributed by atoms with Gasteiger partial charge in [-0.2, -0.15) is 0 Å². The molecule has 1 saturated heterocycles. The summed E-state index contributed by atoms with van der Waals surface area (Å²) < 4.78 is 24.4. The molecule has 0 bridgehead atoms. The van der Waals surface area contributed by atoms with E-state index < -0.39 is 0 Å². The van der Waals surface area contributed by atoms with E-state index in [0.29, 0.717) is 26.3 Å². The van der Waals surface area contributed by atoms with Crippen LogP contribution in [0, 0.1) is 5.82 Å². The Morgan fingerprint density at radius 1 is 1.48 bits per heavy atom. The highest BCUT2D eigenvalue weighted by molar-refractivity contribution is 14.0. The van der Waals surface area contributed by atoms with Crippen molar-refractivity contribution < 1.29 is 13.9 Å². The number of hydrogen-bond acceptors (Lipinski definition) is 3. The molecule has 1 fully saturated rings. The molecule has 0 spiro atoms. The van der Waals surface area contributed by atoms with E-state index in [4.69, 9.17) is 9.47 Å². The lowest BCUT2D eigenvalue weighted by Crippen LogP contribution is -2.38. The standard InChI is InChI=1S/C18H28FN3O2.HI/c1-3-20-18(21-9-11-23-14-17-8-5-10-24-17)22(2)13-15-6-4-7-16(19)12-15;/h4,6-7,12,17H,3,5,8-11,13-14H2,1-2H3,(H,20,21);1H. The molecule has 1 aliphatic rings. The maximum atomic E-state index is 13.3. The Hall–Kier alpha value is -0.930. The molecule has 0 amide bonds. The van der Waals surface area contributed by atoms with Gasteiger partial charge in [-0.3, -0.25) is 4.99 Å². The molecule has 1 N–H and O–H groups in total. The van der Waals surface area contributed by atoms with Crippen molar-refractivity contribution in [2.24, 2.45) is 4.99 Å². The van der Waals surface area contributed by atoms with Crippen molar-refractivity contribution in [3.8, 4) is 0 Å². The number of halogens is 2. The lowest BCUT2D eigenvalue weighted by Gasteiger charge is -2.22. The Morgan fingerprint density at radius 2 is 2.32 bits per heavy atom. The van der Waals surface area contributed by atoms with Gasteiger partial charge in [0.2, 0.25) is 0 Å². The topological polar surface area (TPSA) is 46.1 Å². The zero-order chi connectivity index (χ0) is 17.2. The Labute approximate surface area is 167 Å². The minimum atomic E-state index is -0.217. The van der Waals surface area contributed by atoms with Gasteiger partial charge in [-0.15, -0.1) is 24.0 Å². The maximum Gasteiger partial charge on any atom is 0.194 e. The molecule has 1 unspecified atom stereocenters. The number of benzene rings is 1. The molecule has 0 aliphatic carbocycles. The molecule has 1 aromatic carbocycles. The number of rotatable bonds is 8. The molecule has 1 aromatic rings. The highest BCUT2D eigenvalue weighted by Crippen LogP contribution is 2.11. The molecule has 5 nitrogen and oxygen atoms in total. The summed E-state index contributed by atoms with van der Waals surface area (Å²) in [4.78, 5) is 6.55. The Morgan fingerprint density at radius 3 is 3.00 bits per heavy atom. The third kappa shape index (κ3) is 8.33. The summed E-state index contributed by atoms with van der Waals surface area (Å²) in [5.41, 5.74) is 0.915. The van der Waals surface area contributed by atoms with Crippen molar-refractivity contribution in [1.82, 2.24) is 10.2 Å². The third-order valence-corrected chi connectivity index (χ3v) is 3.83. The maximum absolute atomic E-state index is 13.3. The van der Waals surface area contributed by atoms with Crippen LogP contribution in [0.1, 0.15) is 25.3 Å². The van der Waals surface area contributed by atoms with E-state index in [1.165, 1.54) is 6.07 Å². The molecule has 2 rings (SSSR count). The number of nitrogens with one attached hydrogen (secondary N) is 1. The van der Waals surface area contributed by atoms with Crippen LogP contribution in [0.4, 0.5) is 4.39 Å². The molecular weight excluding hydrogens is 436 g/mol. The molecule has 1 aliphatic heterocycles. The molecule has 1 atom stereocenters. The van der Waals surface area contributed by atoms with Crippen molar-refractivity contribution in [2.45, 2.75) is 32.4 Å². The number of aliphatic imine (C=N–C) groups is 1. The van der Waals surface area contributed by atoms with Crippen LogP contribution in [0.2, 0.25) is 0 Å².